The Morgan fingerprint density at radius 1 is 0.765 bits per heavy atom. The van der Waals surface area contributed by atoms with Crippen LogP contribution in [0.5, 0.6) is 23.0 Å². The quantitative estimate of drug-likeness (QED) is 0.283. The molecule has 34 heavy (non-hydrogen) atoms. The summed E-state index contributed by atoms with van der Waals surface area (Å²) < 4.78 is 26.4. The van der Waals surface area contributed by atoms with E-state index in [-0.39, 0.29) is 22.6 Å². The molecule has 0 bridgehead atoms. The van der Waals surface area contributed by atoms with Crippen LogP contribution in [0.25, 0.3) is 0 Å². The Morgan fingerprint density at radius 2 is 1.26 bits per heavy atom. The molecular weight excluding hydrogens is 452 g/mol. The van der Waals surface area contributed by atoms with Gasteiger partial charge >= 0.3 is 0 Å². The van der Waals surface area contributed by atoms with Crippen molar-refractivity contribution in [2.45, 2.75) is 30.7 Å². The molecule has 4 N–H and O–H groups in total. The van der Waals surface area contributed by atoms with Crippen molar-refractivity contribution in [1.82, 2.24) is 0 Å². The average molecular weight is 478 g/mol. The van der Waals surface area contributed by atoms with E-state index in [2.05, 4.69) is 0 Å². The van der Waals surface area contributed by atoms with Gasteiger partial charge in [0.25, 0.3) is 0 Å². The number of hydrogen-bond acceptors (Lipinski definition) is 11. The summed E-state index contributed by atoms with van der Waals surface area (Å²) >= 11 is 0. The number of carbonyl (C=O) groups is 2. The number of benzene rings is 2. The van der Waals surface area contributed by atoms with Crippen LogP contribution in [0.3, 0.4) is 0 Å². The molecule has 0 unspecified atom stereocenters. The minimum atomic E-state index is -1.63. The smallest absolute Gasteiger partial charge is 0.233 e. The molecule has 1 fully saturated rings. The number of ether oxygens (including phenoxy) is 5. The van der Waals surface area contributed by atoms with Crippen molar-refractivity contribution < 1.29 is 53.7 Å². The van der Waals surface area contributed by atoms with Crippen molar-refractivity contribution in [3.8, 4) is 23.0 Å². The SMILES string of the molecule is COc1ccc(C(=O)C(=O)c2ccc(O[C@@H]3O[C@H](CO)[C@@H](O)[C@H](O)[C@H]3O)c(OC)c2)cc1OC. The third-order valence-corrected chi connectivity index (χ3v) is 5.37. The van der Waals surface area contributed by atoms with Crippen molar-refractivity contribution in [3.05, 3.63) is 47.5 Å². The molecule has 0 aromatic heterocycles. The van der Waals surface area contributed by atoms with Crippen molar-refractivity contribution in [1.29, 1.82) is 0 Å². The van der Waals surface area contributed by atoms with E-state index in [9.17, 15) is 30.0 Å². The predicted octanol–water partition coefficient (Wildman–Crippen LogP) is -0.0433. The highest BCUT2D eigenvalue weighted by molar-refractivity contribution is 6.49. The summed E-state index contributed by atoms with van der Waals surface area (Å²) in [4.78, 5) is 25.6. The molecule has 2 aromatic carbocycles. The largest absolute Gasteiger partial charge is 0.493 e. The number of Topliss-reactive ketones (excluding diaryl/α,β-unsaturated/α-hetero) is 2. The van der Waals surface area contributed by atoms with E-state index in [1.54, 1.807) is 0 Å². The third-order valence-electron chi connectivity index (χ3n) is 5.37. The van der Waals surface area contributed by atoms with E-state index in [1.807, 2.05) is 0 Å². The lowest BCUT2D eigenvalue weighted by Crippen LogP contribution is -2.60. The second-order valence-electron chi connectivity index (χ2n) is 7.41. The van der Waals surface area contributed by atoms with Crippen molar-refractivity contribution in [2.75, 3.05) is 27.9 Å². The molecule has 0 aliphatic carbocycles. The Kier molecular flexibility index (Phi) is 8.07. The van der Waals surface area contributed by atoms with Crippen molar-refractivity contribution in [2.24, 2.45) is 0 Å². The van der Waals surface area contributed by atoms with Crippen LogP contribution >= 0.6 is 0 Å². The topological polar surface area (TPSA) is 161 Å². The van der Waals surface area contributed by atoms with Gasteiger partial charge in [0.2, 0.25) is 17.9 Å². The van der Waals surface area contributed by atoms with Gasteiger partial charge in [-0.15, -0.1) is 0 Å². The summed E-state index contributed by atoms with van der Waals surface area (Å²) in [5.41, 5.74) is 0.112. The van der Waals surface area contributed by atoms with E-state index in [0.717, 1.165) is 0 Å². The summed E-state index contributed by atoms with van der Waals surface area (Å²) in [6.07, 6.45) is -7.39. The molecule has 1 aliphatic heterocycles. The highest BCUT2D eigenvalue weighted by Gasteiger charge is 2.45. The fourth-order valence-corrected chi connectivity index (χ4v) is 3.44. The Labute approximate surface area is 195 Å². The zero-order valence-corrected chi connectivity index (χ0v) is 18.7. The number of aliphatic hydroxyl groups is 4. The van der Waals surface area contributed by atoms with Gasteiger partial charge in [0.1, 0.15) is 24.4 Å². The van der Waals surface area contributed by atoms with Gasteiger partial charge in [-0.3, -0.25) is 9.59 Å². The second kappa shape index (κ2) is 10.8. The van der Waals surface area contributed by atoms with Gasteiger partial charge in [0.15, 0.2) is 23.0 Å². The molecule has 0 amide bonds. The molecular formula is C23H26O11. The molecule has 1 heterocycles. The highest BCUT2D eigenvalue weighted by Crippen LogP contribution is 2.33. The van der Waals surface area contributed by atoms with Gasteiger partial charge in [-0.1, -0.05) is 0 Å². The maximum absolute atomic E-state index is 12.8. The second-order valence-corrected chi connectivity index (χ2v) is 7.41. The summed E-state index contributed by atoms with van der Waals surface area (Å²) in [6.45, 7) is -0.617. The zero-order valence-electron chi connectivity index (χ0n) is 18.7. The standard InChI is InChI=1S/C23H26O11/c1-30-13-6-4-11(8-15(13)31-2)18(25)19(26)12-5-7-14(16(9-12)32-3)33-23-22(29)21(28)20(27)17(10-24)34-23/h4-9,17,20-24,27-29H,10H2,1-3H3/t17-,20-,21+,22-,23-/m1/s1. The van der Waals surface area contributed by atoms with Crippen LogP contribution < -0.4 is 18.9 Å². The van der Waals surface area contributed by atoms with Crippen molar-refractivity contribution >= 4 is 11.6 Å². The third kappa shape index (κ3) is 4.98. The van der Waals surface area contributed by atoms with Crippen LogP contribution in [0.1, 0.15) is 20.7 Å². The van der Waals surface area contributed by atoms with Crippen LogP contribution in [0.2, 0.25) is 0 Å². The molecule has 0 spiro atoms. The lowest BCUT2D eigenvalue weighted by atomic mass is 9.99. The van der Waals surface area contributed by atoms with Crippen LogP contribution in [-0.4, -0.2) is 90.6 Å². The summed E-state index contributed by atoms with van der Waals surface area (Å²) in [7, 11) is 4.16. The Hall–Kier alpha value is -3.22. The fourth-order valence-electron chi connectivity index (χ4n) is 3.44. The van der Waals surface area contributed by atoms with E-state index in [1.165, 1.54) is 57.7 Å². The molecule has 3 rings (SSSR count). The van der Waals surface area contributed by atoms with Crippen LogP contribution in [0, 0.1) is 0 Å². The summed E-state index contributed by atoms with van der Waals surface area (Å²) in [5, 5.41) is 39.3. The van der Waals surface area contributed by atoms with Crippen molar-refractivity contribution in [3.63, 3.8) is 0 Å². The number of methoxy groups -OCH3 is 3. The minimum absolute atomic E-state index is 0.0118. The average Bonchev–Trinajstić information content (AvgIpc) is 2.87. The fraction of sp³-hybridized carbons (Fsp3) is 0.391. The normalized spacial score (nSPS) is 24.3. The summed E-state index contributed by atoms with van der Waals surface area (Å²) in [5.74, 6) is -0.828. The lowest BCUT2D eigenvalue weighted by Gasteiger charge is -2.39. The molecule has 1 saturated heterocycles. The maximum Gasteiger partial charge on any atom is 0.233 e. The summed E-state index contributed by atoms with van der Waals surface area (Å²) in [6, 6.07) is 8.28. The first-order chi connectivity index (χ1) is 16.2. The molecule has 11 nitrogen and oxygen atoms in total. The first-order valence-electron chi connectivity index (χ1n) is 10.2. The lowest BCUT2D eigenvalue weighted by molar-refractivity contribution is -0.277. The number of hydrogen-bond donors (Lipinski definition) is 4. The highest BCUT2D eigenvalue weighted by atomic mass is 16.7. The van der Waals surface area contributed by atoms with E-state index in [4.69, 9.17) is 23.7 Å². The van der Waals surface area contributed by atoms with E-state index < -0.39 is 48.9 Å². The Morgan fingerprint density at radius 3 is 1.76 bits per heavy atom. The predicted molar refractivity (Wildman–Crippen MR) is 116 cm³/mol. The van der Waals surface area contributed by atoms with Crippen LogP contribution in [0.15, 0.2) is 36.4 Å². The minimum Gasteiger partial charge on any atom is -0.493 e. The van der Waals surface area contributed by atoms with Gasteiger partial charge in [-0.25, -0.2) is 0 Å². The molecule has 5 atom stereocenters. The van der Waals surface area contributed by atoms with Crippen LogP contribution in [0.4, 0.5) is 0 Å². The molecule has 0 saturated carbocycles. The van der Waals surface area contributed by atoms with Crippen LogP contribution in [-0.2, 0) is 4.74 Å². The number of aliphatic hydroxyl groups excluding tert-OH is 4. The Balaban J connectivity index is 1.82. The molecule has 0 radical (unpaired) electrons. The maximum atomic E-state index is 12.8. The van der Waals surface area contributed by atoms with Gasteiger partial charge < -0.3 is 44.1 Å². The number of ketones is 2. The molecule has 1 aliphatic rings. The first kappa shape index (κ1) is 25.4. The number of carbonyl (C=O) groups excluding carboxylic acids is 2. The van der Waals surface area contributed by atoms with Gasteiger partial charge in [0.05, 0.1) is 27.9 Å². The molecule has 184 valence electrons. The molecule has 11 heteroatoms. The Bertz CT molecular complexity index is 1040. The van der Waals surface area contributed by atoms with E-state index >= 15 is 0 Å². The van der Waals surface area contributed by atoms with E-state index in [0.29, 0.717) is 11.5 Å². The van der Waals surface area contributed by atoms with Gasteiger partial charge in [-0.2, -0.15) is 0 Å². The first-order valence-corrected chi connectivity index (χ1v) is 10.2. The monoisotopic (exact) mass is 478 g/mol. The van der Waals surface area contributed by atoms with Gasteiger partial charge in [0, 0.05) is 11.1 Å². The molecule has 2 aromatic rings. The zero-order chi connectivity index (χ0) is 25.0. The van der Waals surface area contributed by atoms with Gasteiger partial charge in [-0.05, 0) is 36.4 Å². The number of rotatable bonds is 9.